The molecule has 2 aliphatic rings. The van der Waals surface area contributed by atoms with Crippen LogP contribution in [0.25, 0.3) is 22.2 Å². The molecule has 0 amide bonds. The lowest BCUT2D eigenvalue weighted by molar-refractivity contribution is 0.311. The van der Waals surface area contributed by atoms with Crippen LogP contribution in [-0.4, -0.2) is 72.2 Å². The first-order chi connectivity index (χ1) is 15.2. The van der Waals surface area contributed by atoms with E-state index in [-0.39, 0.29) is 24.0 Å². The molecule has 9 heteroatoms. The van der Waals surface area contributed by atoms with Crippen molar-refractivity contribution in [2.24, 2.45) is 0 Å². The number of anilines is 2. The number of piperidine rings is 1. The summed E-state index contributed by atoms with van der Waals surface area (Å²) in [5, 5.41) is 8.03. The fourth-order valence-electron chi connectivity index (χ4n) is 4.35. The molecule has 8 nitrogen and oxygen atoms in total. The van der Waals surface area contributed by atoms with Crippen LogP contribution in [0.2, 0.25) is 0 Å². The zero-order chi connectivity index (χ0) is 21.2. The highest BCUT2D eigenvalue weighted by atomic mass is 35.5. The number of aromatic nitrogens is 3. The van der Waals surface area contributed by atoms with Gasteiger partial charge in [0.05, 0.1) is 11.2 Å². The number of hydrogen-bond donors (Lipinski definition) is 3. The van der Waals surface area contributed by atoms with E-state index in [1.165, 1.54) is 0 Å². The van der Waals surface area contributed by atoms with Crippen LogP contribution in [0, 0.1) is 0 Å². The monoisotopic (exact) mass is 455 g/mol. The number of benzene rings is 1. The van der Waals surface area contributed by atoms with Crippen LogP contribution in [-0.2, 0) is 0 Å². The molecular formula is C23H30ClN7O. The summed E-state index contributed by atoms with van der Waals surface area (Å²) < 4.78 is 0. The van der Waals surface area contributed by atoms with Crippen molar-refractivity contribution >= 4 is 35.1 Å². The maximum Gasteiger partial charge on any atom is 0.263 e. The number of H-pyrrole nitrogens is 1. The number of para-hydroxylation sites is 1. The molecule has 170 valence electrons. The fourth-order valence-corrected chi connectivity index (χ4v) is 4.35. The molecule has 1 atom stereocenters. The van der Waals surface area contributed by atoms with Crippen molar-refractivity contribution in [1.82, 2.24) is 25.2 Å². The molecule has 3 aromatic rings. The van der Waals surface area contributed by atoms with Crippen molar-refractivity contribution in [1.29, 1.82) is 0 Å². The normalized spacial score (nSPS) is 19.5. The zero-order valence-corrected chi connectivity index (χ0v) is 19.1. The number of halogens is 1. The molecule has 0 bridgehead atoms. The van der Waals surface area contributed by atoms with Gasteiger partial charge in [-0.15, -0.1) is 12.4 Å². The van der Waals surface area contributed by atoms with Gasteiger partial charge in [0.1, 0.15) is 11.4 Å². The minimum atomic E-state index is -0.155. The van der Waals surface area contributed by atoms with E-state index < -0.39 is 0 Å². The molecule has 0 saturated carbocycles. The van der Waals surface area contributed by atoms with Gasteiger partial charge in [-0.2, -0.15) is 4.98 Å². The van der Waals surface area contributed by atoms with Crippen molar-refractivity contribution in [3.8, 4) is 11.3 Å². The van der Waals surface area contributed by atoms with Crippen molar-refractivity contribution in [3.63, 3.8) is 0 Å². The summed E-state index contributed by atoms with van der Waals surface area (Å²) in [4.78, 5) is 30.5. The third-order valence-electron chi connectivity index (χ3n) is 6.20. The molecule has 32 heavy (non-hydrogen) atoms. The maximum atomic E-state index is 13.3. The Labute approximate surface area is 193 Å². The quantitative estimate of drug-likeness (QED) is 0.556. The molecule has 4 heterocycles. The van der Waals surface area contributed by atoms with Crippen LogP contribution >= 0.6 is 12.4 Å². The third-order valence-corrected chi connectivity index (χ3v) is 6.20. The molecule has 0 unspecified atom stereocenters. The number of likely N-dealkylation sites (N-methyl/N-ethyl adjacent to an activating group) is 1. The largest absolute Gasteiger partial charge is 0.365 e. The molecule has 2 fully saturated rings. The van der Waals surface area contributed by atoms with Crippen LogP contribution in [0.5, 0.6) is 0 Å². The fraction of sp³-hybridized carbons (Fsp3) is 0.435. The predicted molar refractivity (Wildman–Crippen MR) is 132 cm³/mol. The van der Waals surface area contributed by atoms with Gasteiger partial charge < -0.3 is 20.4 Å². The Morgan fingerprint density at radius 1 is 1.06 bits per heavy atom. The Bertz CT molecular complexity index is 1120. The van der Waals surface area contributed by atoms with Crippen molar-refractivity contribution in [2.45, 2.75) is 18.9 Å². The van der Waals surface area contributed by atoms with E-state index in [4.69, 9.17) is 9.97 Å². The number of pyridine rings is 1. The first-order valence-electron chi connectivity index (χ1n) is 11.1. The van der Waals surface area contributed by atoms with Gasteiger partial charge in [0.25, 0.3) is 5.56 Å². The van der Waals surface area contributed by atoms with Gasteiger partial charge in [-0.3, -0.25) is 9.78 Å². The Kier molecular flexibility index (Phi) is 6.93. The van der Waals surface area contributed by atoms with Gasteiger partial charge >= 0.3 is 0 Å². The summed E-state index contributed by atoms with van der Waals surface area (Å²) in [6, 6.07) is 12.1. The second-order valence-electron chi connectivity index (χ2n) is 8.48. The Morgan fingerprint density at radius 3 is 2.66 bits per heavy atom. The topological polar surface area (TPSA) is 89.2 Å². The van der Waals surface area contributed by atoms with Gasteiger partial charge in [-0.25, -0.2) is 4.98 Å². The van der Waals surface area contributed by atoms with E-state index in [0.717, 1.165) is 63.0 Å². The van der Waals surface area contributed by atoms with Crippen LogP contribution in [0.1, 0.15) is 12.8 Å². The number of nitrogens with one attached hydrogen (secondary N) is 3. The second kappa shape index (κ2) is 9.85. The Morgan fingerprint density at radius 2 is 1.88 bits per heavy atom. The van der Waals surface area contributed by atoms with Crippen LogP contribution in [0.3, 0.4) is 0 Å². The average Bonchev–Trinajstić information content (AvgIpc) is 2.80. The zero-order valence-electron chi connectivity index (χ0n) is 18.3. The smallest absolute Gasteiger partial charge is 0.263 e. The van der Waals surface area contributed by atoms with Crippen LogP contribution < -0.4 is 21.1 Å². The summed E-state index contributed by atoms with van der Waals surface area (Å²) >= 11 is 0. The number of aromatic amines is 1. The van der Waals surface area contributed by atoms with Crippen LogP contribution in [0.15, 0.2) is 41.2 Å². The molecule has 0 spiro atoms. The highest BCUT2D eigenvalue weighted by Crippen LogP contribution is 2.26. The van der Waals surface area contributed by atoms with Gasteiger partial charge in [0.15, 0.2) is 0 Å². The third kappa shape index (κ3) is 4.72. The van der Waals surface area contributed by atoms with Gasteiger partial charge in [0, 0.05) is 44.2 Å². The summed E-state index contributed by atoms with van der Waals surface area (Å²) in [5.41, 5.74) is 1.86. The number of rotatable bonds is 4. The summed E-state index contributed by atoms with van der Waals surface area (Å²) in [6.07, 6.45) is 2.16. The molecule has 2 saturated heterocycles. The standard InChI is InChI=1S/C23H29N7O.ClH/c1-29-11-13-30(14-12-29)23-27-21(25-17-6-4-10-24-15-17)20(22(31)28-23)19-9-8-16-5-2-3-7-18(16)26-19;/h2-3,5,7-9,17,24H,4,6,10-15H2,1H3,(H2,25,27,28,31);1H/t17-;/m1./s1. The van der Waals surface area contributed by atoms with Gasteiger partial charge in [-0.1, -0.05) is 24.3 Å². The average molecular weight is 456 g/mol. The van der Waals surface area contributed by atoms with E-state index in [1.54, 1.807) is 0 Å². The lowest BCUT2D eigenvalue weighted by atomic mass is 10.1. The Hall–Kier alpha value is -2.68. The van der Waals surface area contributed by atoms with Gasteiger partial charge in [-0.05, 0) is 38.6 Å². The van der Waals surface area contributed by atoms with Crippen LogP contribution in [0.4, 0.5) is 11.8 Å². The SMILES string of the molecule is CN1CCN(c2nc(N[C@@H]3CCCNC3)c(-c3ccc4ccccc4n3)c(=O)[nH]2)CC1.Cl. The molecule has 2 aromatic heterocycles. The summed E-state index contributed by atoms with van der Waals surface area (Å²) in [6.45, 7) is 5.49. The molecule has 0 aliphatic carbocycles. The molecule has 5 rings (SSSR count). The van der Waals surface area contributed by atoms with E-state index >= 15 is 0 Å². The molecule has 3 N–H and O–H groups in total. The van der Waals surface area contributed by atoms with E-state index in [9.17, 15) is 4.79 Å². The number of fused-ring (bicyclic) bond motifs is 1. The van der Waals surface area contributed by atoms with Crippen molar-refractivity contribution in [3.05, 3.63) is 46.8 Å². The van der Waals surface area contributed by atoms with Crippen molar-refractivity contribution < 1.29 is 0 Å². The van der Waals surface area contributed by atoms with Gasteiger partial charge in [0.2, 0.25) is 5.95 Å². The van der Waals surface area contributed by atoms with E-state index in [0.29, 0.717) is 23.0 Å². The summed E-state index contributed by atoms with van der Waals surface area (Å²) in [7, 11) is 2.12. The van der Waals surface area contributed by atoms with E-state index in [1.807, 2.05) is 36.4 Å². The second-order valence-corrected chi connectivity index (χ2v) is 8.48. The minimum absolute atomic E-state index is 0. The maximum absolute atomic E-state index is 13.3. The highest BCUT2D eigenvalue weighted by molar-refractivity contribution is 5.85. The lowest BCUT2D eigenvalue weighted by Crippen LogP contribution is -2.46. The first-order valence-corrected chi connectivity index (χ1v) is 11.1. The van der Waals surface area contributed by atoms with E-state index in [2.05, 4.69) is 32.5 Å². The predicted octanol–water partition coefficient (Wildman–Crippen LogP) is 2.32. The molecular weight excluding hydrogens is 426 g/mol. The summed E-state index contributed by atoms with van der Waals surface area (Å²) in [5.74, 6) is 1.25. The molecule has 0 radical (unpaired) electrons. The number of nitrogens with zero attached hydrogens (tertiary/aromatic N) is 4. The lowest BCUT2D eigenvalue weighted by Gasteiger charge is -2.33. The number of hydrogen-bond acceptors (Lipinski definition) is 7. The molecule has 1 aromatic carbocycles. The highest BCUT2D eigenvalue weighted by Gasteiger charge is 2.23. The minimum Gasteiger partial charge on any atom is -0.365 e. The Balaban J connectivity index is 0.00000245. The van der Waals surface area contributed by atoms with Crippen molar-refractivity contribution in [2.75, 3.05) is 56.5 Å². The first kappa shape index (κ1) is 22.5. The number of piperazine rings is 1. The molecule has 2 aliphatic heterocycles.